The predicted molar refractivity (Wildman–Crippen MR) is 92.7 cm³/mol. The van der Waals surface area contributed by atoms with Crippen LogP contribution in [0.1, 0.15) is 35.3 Å². The van der Waals surface area contributed by atoms with Crippen LogP contribution < -0.4 is 5.32 Å². The highest BCUT2D eigenvalue weighted by Gasteiger charge is 2.14. The first kappa shape index (κ1) is 17.2. The molecule has 0 spiro atoms. The molecule has 0 bridgehead atoms. The standard InChI is InChI=1S/C18H21NO3S/c1-4-13-8-6-9-14(5-2)17(13)19-18(20)15-10-7-11-16(12-15)23(3,21)22/h6-12H,4-5H2,1-3H3,(H,19,20). The Morgan fingerprint density at radius 2 is 1.57 bits per heavy atom. The smallest absolute Gasteiger partial charge is 0.255 e. The van der Waals surface area contributed by atoms with Gasteiger partial charge in [-0.3, -0.25) is 4.79 Å². The third-order valence-electron chi connectivity index (χ3n) is 3.76. The van der Waals surface area contributed by atoms with Gasteiger partial charge in [-0.1, -0.05) is 38.1 Å². The molecule has 2 aromatic carbocycles. The Morgan fingerprint density at radius 3 is 2.09 bits per heavy atom. The SMILES string of the molecule is CCc1cccc(CC)c1NC(=O)c1cccc(S(C)(=O)=O)c1. The van der Waals surface area contributed by atoms with E-state index in [1.807, 2.05) is 32.0 Å². The van der Waals surface area contributed by atoms with Gasteiger partial charge in [-0.25, -0.2) is 8.42 Å². The van der Waals surface area contributed by atoms with E-state index in [2.05, 4.69) is 5.32 Å². The van der Waals surface area contributed by atoms with Crippen molar-refractivity contribution in [3.05, 3.63) is 59.2 Å². The van der Waals surface area contributed by atoms with Crippen LogP contribution in [0.3, 0.4) is 0 Å². The molecule has 4 nitrogen and oxygen atoms in total. The molecule has 1 amide bonds. The Labute approximate surface area is 137 Å². The lowest BCUT2D eigenvalue weighted by Gasteiger charge is -2.14. The summed E-state index contributed by atoms with van der Waals surface area (Å²) < 4.78 is 23.3. The van der Waals surface area contributed by atoms with Crippen LogP contribution in [0.5, 0.6) is 0 Å². The highest BCUT2D eigenvalue weighted by atomic mass is 32.2. The van der Waals surface area contributed by atoms with Gasteiger partial charge in [-0.2, -0.15) is 0 Å². The van der Waals surface area contributed by atoms with Gasteiger partial charge in [-0.15, -0.1) is 0 Å². The number of anilines is 1. The summed E-state index contributed by atoms with van der Waals surface area (Å²) in [6, 6.07) is 12.1. The lowest BCUT2D eigenvalue weighted by Crippen LogP contribution is -2.15. The first-order valence-corrected chi connectivity index (χ1v) is 9.48. The second-order valence-corrected chi connectivity index (χ2v) is 7.43. The van der Waals surface area contributed by atoms with Crippen molar-refractivity contribution in [1.82, 2.24) is 0 Å². The molecule has 2 rings (SSSR count). The second-order valence-electron chi connectivity index (χ2n) is 5.41. The number of hydrogen-bond acceptors (Lipinski definition) is 3. The summed E-state index contributed by atoms with van der Waals surface area (Å²) in [5.41, 5.74) is 3.29. The average molecular weight is 331 g/mol. The summed E-state index contributed by atoms with van der Waals surface area (Å²) in [7, 11) is -3.34. The Bertz CT molecular complexity index is 804. The molecule has 0 saturated heterocycles. The molecule has 0 radical (unpaired) electrons. The molecule has 5 heteroatoms. The van der Waals surface area contributed by atoms with Crippen LogP contribution in [0.25, 0.3) is 0 Å². The first-order chi connectivity index (χ1) is 10.9. The predicted octanol–water partition coefficient (Wildman–Crippen LogP) is 3.47. The van der Waals surface area contributed by atoms with Crippen molar-refractivity contribution in [2.45, 2.75) is 31.6 Å². The number of benzene rings is 2. The topological polar surface area (TPSA) is 63.2 Å². The fourth-order valence-electron chi connectivity index (χ4n) is 2.46. The molecule has 0 aromatic heterocycles. The number of sulfone groups is 1. The first-order valence-electron chi connectivity index (χ1n) is 7.59. The normalized spacial score (nSPS) is 11.3. The number of aryl methyl sites for hydroxylation is 2. The third-order valence-corrected chi connectivity index (χ3v) is 4.87. The van der Waals surface area contributed by atoms with Crippen LogP contribution in [0.4, 0.5) is 5.69 Å². The summed E-state index contributed by atoms with van der Waals surface area (Å²) in [6.07, 6.45) is 2.76. The number of carbonyl (C=O) groups excluding carboxylic acids is 1. The quantitative estimate of drug-likeness (QED) is 0.912. The summed E-state index contributed by atoms with van der Waals surface area (Å²) in [4.78, 5) is 12.7. The lowest BCUT2D eigenvalue weighted by atomic mass is 10.0. The average Bonchev–Trinajstić information content (AvgIpc) is 2.54. The van der Waals surface area contributed by atoms with Crippen LogP contribution >= 0.6 is 0 Å². The maximum absolute atomic E-state index is 12.5. The van der Waals surface area contributed by atoms with Gasteiger partial charge in [0.05, 0.1) is 4.90 Å². The maximum atomic E-state index is 12.5. The highest BCUT2D eigenvalue weighted by Crippen LogP contribution is 2.23. The summed E-state index contributed by atoms with van der Waals surface area (Å²) in [5, 5.41) is 2.94. The Hall–Kier alpha value is -2.14. The van der Waals surface area contributed by atoms with Crippen molar-refractivity contribution in [2.24, 2.45) is 0 Å². The van der Waals surface area contributed by atoms with E-state index in [1.165, 1.54) is 12.1 Å². The van der Waals surface area contributed by atoms with E-state index in [1.54, 1.807) is 12.1 Å². The van der Waals surface area contributed by atoms with Gasteiger partial charge in [0.15, 0.2) is 9.84 Å². The van der Waals surface area contributed by atoms with Gasteiger partial charge >= 0.3 is 0 Å². The maximum Gasteiger partial charge on any atom is 0.255 e. The Kier molecular flexibility index (Phi) is 5.21. The van der Waals surface area contributed by atoms with Crippen LogP contribution in [-0.4, -0.2) is 20.6 Å². The van der Waals surface area contributed by atoms with Crippen LogP contribution in [0, 0.1) is 0 Å². The van der Waals surface area contributed by atoms with Crippen LogP contribution in [0.2, 0.25) is 0 Å². The van der Waals surface area contributed by atoms with Crippen molar-refractivity contribution >= 4 is 21.4 Å². The minimum atomic E-state index is -3.34. The van der Waals surface area contributed by atoms with Gasteiger partial charge in [-0.05, 0) is 42.2 Å². The molecule has 2 aromatic rings. The zero-order chi connectivity index (χ0) is 17.0. The van der Waals surface area contributed by atoms with Crippen molar-refractivity contribution in [2.75, 3.05) is 11.6 Å². The molecule has 23 heavy (non-hydrogen) atoms. The van der Waals surface area contributed by atoms with Crippen molar-refractivity contribution in [3.8, 4) is 0 Å². The molecule has 0 saturated carbocycles. The molecule has 0 atom stereocenters. The number of hydrogen-bond donors (Lipinski definition) is 1. The molecule has 0 aliphatic heterocycles. The molecule has 0 unspecified atom stereocenters. The van der Waals surface area contributed by atoms with Gasteiger partial charge in [0.25, 0.3) is 5.91 Å². The number of rotatable bonds is 5. The molecular weight excluding hydrogens is 310 g/mol. The number of nitrogens with one attached hydrogen (secondary N) is 1. The van der Waals surface area contributed by atoms with Crippen molar-refractivity contribution in [3.63, 3.8) is 0 Å². The fourth-order valence-corrected chi connectivity index (χ4v) is 3.12. The van der Waals surface area contributed by atoms with Gasteiger partial charge in [0.1, 0.15) is 0 Å². The van der Waals surface area contributed by atoms with Crippen molar-refractivity contribution in [1.29, 1.82) is 0 Å². The summed E-state index contributed by atoms with van der Waals surface area (Å²) >= 11 is 0. The summed E-state index contributed by atoms with van der Waals surface area (Å²) in [5.74, 6) is -0.300. The summed E-state index contributed by atoms with van der Waals surface area (Å²) in [6.45, 7) is 4.07. The van der Waals surface area contributed by atoms with E-state index < -0.39 is 9.84 Å². The lowest BCUT2D eigenvalue weighted by molar-refractivity contribution is 0.102. The van der Waals surface area contributed by atoms with E-state index in [-0.39, 0.29) is 10.8 Å². The molecular formula is C18H21NO3S. The molecule has 0 aliphatic carbocycles. The van der Waals surface area contributed by atoms with Crippen LogP contribution in [-0.2, 0) is 22.7 Å². The van der Waals surface area contributed by atoms with Gasteiger partial charge in [0.2, 0.25) is 0 Å². The number of para-hydroxylation sites is 1. The van der Waals surface area contributed by atoms with Gasteiger partial charge < -0.3 is 5.32 Å². The minimum absolute atomic E-state index is 0.143. The largest absolute Gasteiger partial charge is 0.321 e. The minimum Gasteiger partial charge on any atom is -0.321 e. The third kappa shape index (κ3) is 3.99. The number of carbonyl (C=O) groups is 1. The van der Waals surface area contributed by atoms with E-state index >= 15 is 0 Å². The monoisotopic (exact) mass is 331 g/mol. The Morgan fingerprint density at radius 1 is 1.00 bits per heavy atom. The van der Waals surface area contributed by atoms with E-state index in [4.69, 9.17) is 0 Å². The zero-order valence-electron chi connectivity index (χ0n) is 13.6. The van der Waals surface area contributed by atoms with Crippen molar-refractivity contribution < 1.29 is 13.2 Å². The fraction of sp³-hybridized carbons (Fsp3) is 0.278. The molecule has 0 fully saturated rings. The molecule has 122 valence electrons. The number of amides is 1. The zero-order valence-corrected chi connectivity index (χ0v) is 14.4. The van der Waals surface area contributed by atoms with E-state index in [9.17, 15) is 13.2 Å². The highest BCUT2D eigenvalue weighted by molar-refractivity contribution is 7.90. The van der Waals surface area contributed by atoms with Crippen LogP contribution in [0.15, 0.2) is 47.4 Å². The molecule has 1 N–H and O–H groups in total. The second kappa shape index (κ2) is 6.96. The molecule has 0 aliphatic rings. The molecule has 0 heterocycles. The van der Waals surface area contributed by atoms with E-state index in [0.717, 1.165) is 35.9 Å². The Balaban J connectivity index is 2.37. The van der Waals surface area contributed by atoms with Gasteiger partial charge in [0, 0.05) is 17.5 Å². The van der Waals surface area contributed by atoms with E-state index in [0.29, 0.717) is 5.56 Å².